The lowest BCUT2D eigenvalue weighted by Crippen LogP contribution is -2.43. The van der Waals surface area contributed by atoms with E-state index in [2.05, 4.69) is 15.6 Å². The van der Waals surface area contributed by atoms with Crippen LogP contribution in [0, 0.1) is 18.6 Å². The predicted molar refractivity (Wildman–Crippen MR) is 99.4 cm³/mol. The molecule has 1 aliphatic rings. The Bertz CT molecular complexity index is 896. The minimum atomic E-state index is -0.773. The summed E-state index contributed by atoms with van der Waals surface area (Å²) in [6.45, 7) is 5.96. The molecule has 10 heteroatoms. The van der Waals surface area contributed by atoms with E-state index in [-0.39, 0.29) is 35.5 Å². The van der Waals surface area contributed by atoms with Crippen molar-refractivity contribution in [1.29, 1.82) is 0 Å². The van der Waals surface area contributed by atoms with Gasteiger partial charge in [-0.1, -0.05) is 0 Å². The van der Waals surface area contributed by atoms with E-state index in [9.17, 15) is 18.4 Å². The molecular formula is C19H22F2N4O4. The summed E-state index contributed by atoms with van der Waals surface area (Å²) < 4.78 is 37.7. The van der Waals surface area contributed by atoms with Gasteiger partial charge in [0.15, 0.2) is 5.69 Å². The summed E-state index contributed by atoms with van der Waals surface area (Å²) in [4.78, 5) is 30.7. The molecule has 1 saturated heterocycles. The number of morpholine rings is 1. The minimum absolute atomic E-state index is 0.0714. The van der Waals surface area contributed by atoms with Crippen LogP contribution in [0.2, 0.25) is 0 Å². The molecule has 0 radical (unpaired) electrons. The number of rotatable bonds is 6. The molecule has 2 amide bonds. The van der Waals surface area contributed by atoms with Crippen molar-refractivity contribution >= 4 is 17.5 Å². The summed E-state index contributed by atoms with van der Waals surface area (Å²) in [5.74, 6) is -2.07. The highest BCUT2D eigenvalue weighted by Crippen LogP contribution is 2.20. The van der Waals surface area contributed by atoms with Gasteiger partial charge in [0.1, 0.15) is 23.4 Å². The van der Waals surface area contributed by atoms with Crippen LogP contribution in [0.4, 0.5) is 14.5 Å². The van der Waals surface area contributed by atoms with Crippen molar-refractivity contribution in [2.45, 2.75) is 19.9 Å². The molecule has 1 atom stereocenters. The number of anilines is 1. The van der Waals surface area contributed by atoms with Gasteiger partial charge in [-0.2, -0.15) is 0 Å². The molecule has 0 spiro atoms. The number of carbonyl (C=O) groups excluding carboxylic acids is 2. The van der Waals surface area contributed by atoms with Crippen molar-refractivity contribution in [3.8, 4) is 0 Å². The molecule has 1 aromatic carbocycles. The van der Waals surface area contributed by atoms with Gasteiger partial charge in [-0.3, -0.25) is 14.5 Å². The fourth-order valence-electron chi connectivity index (χ4n) is 2.90. The van der Waals surface area contributed by atoms with Crippen molar-refractivity contribution in [2.24, 2.45) is 0 Å². The normalized spacial score (nSPS) is 15.7. The van der Waals surface area contributed by atoms with E-state index < -0.39 is 23.6 Å². The number of amides is 2. The maximum atomic E-state index is 13.7. The zero-order valence-electron chi connectivity index (χ0n) is 16.1. The third-order valence-electron chi connectivity index (χ3n) is 4.42. The Morgan fingerprint density at radius 3 is 2.72 bits per heavy atom. The number of halogens is 2. The maximum Gasteiger partial charge on any atom is 0.277 e. The first kappa shape index (κ1) is 20.9. The summed E-state index contributed by atoms with van der Waals surface area (Å²) >= 11 is 0. The summed E-state index contributed by atoms with van der Waals surface area (Å²) in [5.41, 5.74) is -0.372. The fourth-order valence-corrected chi connectivity index (χ4v) is 2.90. The van der Waals surface area contributed by atoms with Gasteiger partial charge in [0.2, 0.25) is 11.8 Å². The lowest BCUT2D eigenvalue weighted by atomic mass is 10.2. The van der Waals surface area contributed by atoms with Crippen LogP contribution in [0.5, 0.6) is 0 Å². The van der Waals surface area contributed by atoms with Gasteiger partial charge < -0.3 is 19.8 Å². The molecule has 0 saturated carbocycles. The van der Waals surface area contributed by atoms with Gasteiger partial charge >= 0.3 is 0 Å². The first-order valence-electron chi connectivity index (χ1n) is 9.16. The van der Waals surface area contributed by atoms with E-state index in [0.29, 0.717) is 26.3 Å². The van der Waals surface area contributed by atoms with E-state index in [4.69, 9.17) is 9.15 Å². The molecule has 0 bridgehead atoms. The average Bonchev–Trinajstić information content (AvgIpc) is 3.07. The molecule has 0 aliphatic carbocycles. The number of hydrogen-bond acceptors (Lipinski definition) is 6. The van der Waals surface area contributed by atoms with Gasteiger partial charge in [-0.15, -0.1) is 0 Å². The molecule has 1 fully saturated rings. The highest BCUT2D eigenvalue weighted by Gasteiger charge is 2.23. The number of oxazole rings is 1. The second kappa shape index (κ2) is 9.10. The maximum absolute atomic E-state index is 13.7. The van der Waals surface area contributed by atoms with Crippen molar-refractivity contribution in [2.75, 3.05) is 38.2 Å². The van der Waals surface area contributed by atoms with E-state index in [1.807, 2.05) is 4.90 Å². The Labute approximate surface area is 166 Å². The molecule has 0 unspecified atom stereocenters. The van der Waals surface area contributed by atoms with Crippen LogP contribution in [0.1, 0.15) is 35.1 Å². The number of carbonyl (C=O) groups is 2. The van der Waals surface area contributed by atoms with Crippen LogP contribution in [0.25, 0.3) is 0 Å². The second-order valence-electron chi connectivity index (χ2n) is 6.71. The highest BCUT2D eigenvalue weighted by molar-refractivity contribution is 6.03. The molecule has 3 rings (SSSR count). The fraction of sp³-hybridized carbons (Fsp3) is 0.421. The quantitative estimate of drug-likeness (QED) is 0.759. The molecular weight excluding hydrogens is 386 g/mol. The molecule has 2 aromatic rings. The molecule has 1 aliphatic heterocycles. The van der Waals surface area contributed by atoms with Crippen LogP contribution >= 0.6 is 0 Å². The Hall–Kier alpha value is -2.85. The van der Waals surface area contributed by atoms with Crippen LogP contribution in [0.15, 0.2) is 22.6 Å². The number of ether oxygens (including phenoxy) is 1. The average molecular weight is 408 g/mol. The van der Waals surface area contributed by atoms with Gasteiger partial charge in [0.05, 0.1) is 25.4 Å². The van der Waals surface area contributed by atoms with Crippen molar-refractivity contribution < 1.29 is 27.5 Å². The first-order valence-corrected chi connectivity index (χ1v) is 9.16. The third kappa shape index (κ3) is 5.36. The summed E-state index contributed by atoms with van der Waals surface area (Å²) in [5, 5.41) is 5.04. The predicted octanol–water partition coefficient (Wildman–Crippen LogP) is 2.02. The molecule has 2 heterocycles. The van der Waals surface area contributed by atoms with Crippen LogP contribution in [-0.2, 0) is 9.53 Å². The van der Waals surface area contributed by atoms with E-state index >= 15 is 0 Å². The summed E-state index contributed by atoms with van der Waals surface area (Å²) in [6.07, 6.45) is 0. The number of aryl methyl sites for hydroxylation is 1. The minimum Gasteiger partial charge on any atom is -0.443 e. The van der Waals surface area contributed by atoms with Crippen molar-refractivity contribution in [3.63, 3.8) is 0 Å². The number of benzene rings is 1. The van der Waals surface area contributed by atoms with Gasteiger partial charge in [0, 0.05) is 19.2 Å². The standard InChI is InChI=1S/C19H22F2N4O4/c1-11(22-16(26)10-25-5-7-28-8-6-25)19-24-17(12(2)29-19)18(27)23-15-9-13(20)3-4-14(15)21/h3-4,9,11H,5-8,10H2,1-2H3,(H,22,26)(H,23,27)/t11-/m0/s1. The zero-order chi connectivity index (χ0) is 21.0. The SMILES string of the molecule is Cc1oc([C@H](C)NC(=O)CN2CCOCC2)nc1C(=O)Nc1cc(F)ccc1F. The van der Waals surface area contributed by atoms with Crippen LogP contribution in [-0.4, -0.2) is 54.5 Å². The van der Waals surface area contributed by atoms with E-state index in [1.54, 1.807) is 6.92 Å². The molecule has 8 nitrogen and oxygen atoms in total. The summed E-state index contributed by atoms with van der Waals surface area (Å²) in [7, 11) is 0. The Morgan fingerprint density at radius 1 is 1.28 bits per heavy atom. The lowest BCUT2D eigenvalue weighted by Gasteiger charge is -2.26. The van der Waals surface area contributed by atoms with Gasteiger partial charge in [-0.25, -0.2) is 13.8 Å². The summed E-state index contributed by atoms with van der Waals surface area (Å²) in [6, 6.07) is 2.16. The Morgan fingerprint density at radius 2 is 2.00 bits per heavy atom. The van der Waals surface area contributed by atoms with Crippen molar-refractivity contribution in [3.05, 3.63) is 47.2 Å². The molecule has 1 aromatic heterocycles. The highest BCUT2D eigenvalue weighted by atomic mass is 19.1. The molecule has 29 heavy (non-hydrogen) atoms. The number of hydrogen-bond donors (Lipinski definition) is 2. The first-order chi connectivity index (χ1) is 13.8. The Balaban J connectivity index is 1.63. The number of nitrogens with one attached hydrogen (secondary N) is 2. The monoisotopic (exact) mass is 408 g/mol. The smallest absolute Gasteiger partial charge is 0.277 e. The second-order valence-corrected chi connectivity index (χ2v) is 6.71. The van der Waals surface area contributed by atoms with E-state index in [0.717, 1.165) is 18.2 Å². The number of nitrogens with zero attached hydrogens (tertiary/aromatic N) is 2. The topological polar surface area (TPSA) is 96.7 Å². The van der Waals surface area contributed by atoms with Gasteiger partial charge in [0.25, 0.3) is 5.91 Å². The zero-order valence-corrected chi connectivity index (χ0v) is 16.1. The number of aromatic nitrogens is 1. The Kier molecular flexibility index (Phi) is 6.55. The molecule has 2 N–H and O–H groups in total. The van der Waals surface area contributed by atoms with Crippen LogP contribution < -0.4 is 10.6 Å². The third-order valence-corrected chi connectivity index (χ3v) is 4.42. The molecule has 156 valence electrons. The largest absolute Gasteiger partial charge is 0.443 e. The lowest BCUT2D eigenvalue weighted by molar-refractivity contribution is -0.124. The van der Waals surface area contributed by atoms with Crippen LogP contribution in [0.3, 0.4) is 0 Å². The van der Waals surface area contributed by atoms with Gasteiger partial charge in [-0.05, 0) is 26.0 Å². The van der Waals surface area contributed by atoms with Crippen molar-refractivity contribution in [1.82, 2.24) is 15.2 Å². The van der Waals surface area contributed by atoms with E-state index in [1.165, 1.54) is 6.92 Å².